The van der Waals surface area contributed by atoms with Crippen molar-refractivity contribution in [3.8, 4) is 5.75 Å². The second-order valence-electron chi connectivity index (χ2n) is 3.03. The van der Waals surface area contributed by atoms with Crippen molar-refractivity contribution in [1.82, 2.24) is 0 Å². The lowest BCUT2D eigenvalue weighted by atomic mass is 10.1. The maximum absolute atomic E-state index is 9.56. The molecule has 0 saturated carbocycles. The smallest absolute Gasteiger partial charge is 0.119 e. The van der Waals surface area contributed by atoms with Gasteiger partial charge in [-0.2, -0.15) is 0 Å². The van der Waals surface area contributed by atoms with Crippen LogP contribution in [0.25, 0.3) is 0 Å². The van der Waals surface area contributed by atoms with Crippen molar-refractivity contribution in [3.05, 3.63) is 17.7 Å². The lowest BCUT2D eigenvalue weighted by Crippen LogP contribution is -1.89. The molecule has 0 aliphatic heterocycles. The number of unbranched alkanes of at least 4 members (excludes halogenated alkanes) is 1. The maximum Gasteiger partial charge on any atom is 0.119 e. The largest absolute Gasteiger partial charge is 0.508 e. The normalized spacial score (nSPS) is 10.4. The van der Waals surface area contributed by atoms with E-state index in [9.17, 15) is 5.11 Å². The highest BCUT2D eigenvalue weighted by Crippen LogP contribution is 2.30. The van der Waals surface area contributed by atoms with E-state index in [-0.39, 0.29) is 0 Å². The summed E-state index contributed by atoms with van der Waals surface area (Å²) >= 11 is 8.57. The molecule has 0 heterocycles. The summed E-state index contributed by atoms with van der Waals surface area (Å²) in [7, 11) is 0. The minimum atomic E-state index is 0.330. The van der Waals surface area contributed by atoms with Crippen LogP contribution in [0.15, 0.2) is 21.9 Å². The van der Waals surface area contributed by atoms with Crippen LogP contribution in [-0.4, -0.2) is 5.11 Å². The van der Waals surface area contributed by atoms with Gasteiger partial charge in [0.1, 0.15) is 5.75 Å². The number of aromatic hydroxyl groups is 1. The Bertz CT molecular complexity index is 297. The first kappa shape index (κ1) is 10.8. The van der Waals surface area contributed by atoms with Gasteiger partial charge in [-0.1, -0.05) is 13.3 Å². The molecule has 0 atom stereocenters. The summed E-state index contributed by atoms with van der Waals surface area (Å²) in [6, 6.07) is 3.43. The SMILES string of the molecule is CCCCc1c(O)ccc(S)c1S. The summed E-state index contributed by atoms with van der Waals surface area (Å²) < 4.78 is 0. The second kappa shape index (κ2) is 4.82. The van der Waals surface area contributed by atoms with Crippen molar-refractivity contribution in [1.29, 1.82) is 0 Å². The van der Waals surface area contributed by atoms with Crippen LogP contribution in [0.2, 0.25) is 0 Å². The molecule has 0 aliphatic rings. The quantitative estimate of drug-likeness (QED) is 0.659. The van der Waals surface area contributed by atoms with Gasteiger partial charge in [0.2, 0.25) is 0 Å². The monoisotopic (exact) mass is 214 g/mol. The zero-order valence-electron chi connectivity index (χ0n) is 7.62. The predicted octanol–water partition coefficient (Wildman–Crippen LogP) is 3.31. The fourth-order valence-corrected chi connectivity index (χ4v) is 1.72. The van der Waals surface area contributed by atoms with Gasteiger partial charge in [0, 0.05) is 15.4 Å². The molecule has 13 heavy (non-hydrogen) atoms. The average molecular weight is 214 g/mol. The highest BCUT2D eigenvalue weighted by Gasteiger charge is 2.07. The topological polar surface area (TPSA) is 20.2 Å². The second-order valence-corrected chi connectivity index (χ2v) is 3.96. The first-order valence-corrected chi connectivity index (χ1v) is 5.29. The van der Waals surface area contributed by atoms with E-state index in [1.54, 1.807) is 12.1 Å². The van der Waals surface area contributed by atoms with Crippen LogP contribution in [0, 0.1) is 0 Å². The highest BCUT2D eigenvalue weighted by molar-refractivity contribution is 7.83. The summed E-state index contributed by atoms with van der Waals surface area (Å²) in [4.78, 5) is 1.63. The average Bonchev–Trinajstić information content (AvgIpc) is 2.12. The van der Waals surface area contributed by atoms with Crippen molar-refractivity contribution in [2.45, 2.75) is 36.0 Å². The molecule has 1 aromatic rings. The third-order valence-electron chi connectivity index (χ3n) is 2.02. The van der Waals surface area contributed by atoms with Crippen molar-refractivity contribution >= 4 is 25.3 Å². The highest BCUT2D eigenvalue weighted by atomic mass is 32.1. The Kier molecular flexibility index (Phi) is 4.00. The van der Waals surface area contributed by atoms with Crippen LogP contribution < -0.4 is 0 Å². The molecule has 1 N–H and O–H groups in total. The molecule has 3 heteroatoms. The summed E-state index contributed by atoms with van der Waals surface area (Å²) in [5.74, 6) is 0.330. The van der Waals surface area contributed by atoms with Crippen LogP contribution in [0.1, 0.15) is 25.3 Å². The summed E-state index contributed by atoms with van der Waals surface area (Å²) in [5.41, 5.74) is 0.915. The van der Waals surface area contributed by atoms with Gasteiger partial charge in [0.15, 0.2) is 0 Å². The van der Waals surface area contributed by atoms with E-state index in [0.29, 0.717) is 5.75 Å². The Morgan fingerprint density at radius 3 is 2.62 bits per heavy atom. The Labute approximate surface area is 90.0 Å². The minimum Gasteiger partial charge on any atom is -0.508 e. The van der Waals surface area contributed by atoms with E-state index in [4.69, 9.17) is 0 Å². The fraction of sp³-hybridized carbons (Fsp3) is 0.400. The van der Waals surface area contributed by atoms with E-state index in [2.05, 4.69) is 32.2 Å². The number of phenols is 1. The molecule has 0 saturated heterocycles. The molecular formula is C10H14OS2. The van der Waals surface area contributed by atoms with Crippen LogP contribution in [0.5, 0.6) is 5.75 Å². The molecule has 0 aromatic heterocycles. The molecule has 0 bridgehead atoms. The van der Waals surface area contributed by atoms with E-state index < -0.39 is 0 Å². The molecule has 1 aromatic carbocycles. The Hall–Kier alpha value is -0.280. The number of rotatable bonds is 3. The molecule has 1 rings (SSSR count). The summed E-state index contributed by atoms with van der Waals surface area (Å²) in [6.07, 6.45) is 3.05. The molecule has 0 amide bonds. The Morgan fingerprint density at radius 2 is 2.00 bits per heavy atom. The number of phenolic OH excluding ortho intramolecular Hbond substituents is 1. The molecule has 0 unspecified atom stereocenters. The van der Waals surface area contributed by atoms with Crippen molar-refractivity contribution in [3.63, 3.8) is 0 Å². The lowest BCUT2D eigenvalue weighted by Gasteiger charge is -2.08. The van der Waals surface area contributed by atoms with Crippen LogP contribution in [0.3, 0.4) is 0 Å². The molecule has 0 spiro atoms. The van der Waals surface area contributed by atoms with Gasteiger partial charge >= 0.3 is 0 Å². The van der Waals surface area contributed by atoms with Gasteiger partial charge < -0.3 is 5.11 Å². The third-order valence-corrected chi connectivity index (χ3v) is 3.08. The molecule has 0 aliphatic carbocycles. The first-order valence-electron chi connectivity index (χ1n) is 4.39. The predicted molar refractivity (Wildman–Crippen MR) is 61.2 cm³/mol. The standard InChI is InChI=1S/C10H14OS2/c1-2-3-4-7-8(11)5-6-9(12)10(7)13/h5-6,11-13H,2-4H2,1H3. The number of thiol groups is 2. The number of benzene rings is 1. The third kappa shape index (κ3) is 2.58. The molecule has 1 nitrogen and oxygen atoms in total. The van der Waals surface area contributed by atoms with E-state index in [1.165, 1.54) is 0 Å². The van der Waals surface area contributed by atoms with Gasteiger partial charge in [-0.05, 0) is 25.0 Å². The van der Waals surface area contributed by atoms with Gasteiger partial charge in [-0.15, -0.1) is 25.3 Å². The molecule has 72 valence electrons. The van der Waals surface area contributed by atoms with Gasteiger partial charge in [0.05, 0.1) is 0 Å². The van der Waals surface area contributed by atoms with Gasteiger partial charge in [-0.3, -0.25) is 0 Å². The lowest BCUT2D eigenvalue weighted by molar-refractivity contribution is 0.463. The molecular weight excluding hydrogens is 200 g/mol. The van der Waals surface area contributed by atoms with Crippen LogP contribution >= 0.6 is 25.3 Å². The zero-order chi connectivity index (χ0) is 9.84. The van der Waals surface area contributed by atoms with Crippen molar-refractivity contribution in [2.75, 3.05) is 0 Å². The maximum atomic E-state index is 9.56. The first-order chi connectivity index (χ1) is 6.16. The van der Waals surface area contributed by atoms with Gasteiger partial charge in [0.25, 0.3) is 0 Å². The molecule has 0 fully saturated rings. The number of hydrogen-bond donors (Lipinski definition) is 3. The van der Waals surface area contributed by atoms with Crippen LogP contribution in [-0.2, 0) is 6.42 Å². The van der Waals surface area contributed by atoms with E-state index in [1.807, 2.05) is 0 Å². The van der Waals surface area contributed by atoms with E-state index >= 15 is 0 Å². The van der Waals surface area contributed by atoms with E-state index in [0.717, 1.165) is 34.6 Å². The zero-order valence-corrected chi connectivity index (χ0v) is 9.41. The van der Waals surface area contributed by atoms with Crippen molar-refractivity contribution < 1.29 is 5.11 Å². The Balaban J connectivity index is 2.96. The fourth-order valence-electron chi connectivity index (χ4n) is 1.21. The van der Waals surface area contributed by atoms with Gasteiger partial charge in [-0.25, -0.2) is 0 Å². The summed E-state index contributed by atoms with van der Waals surface area (Å²) in [5, 5.41) is 9.56. The summed E-state index contributed by atoms with van der Waals surface area (Å²) in [6.45, 7) is 2.12. The Morgan fingerprint density at radius 1 is 1.31 bits per heavy atom. The minimum absolute atomic E-state index is 0.330. The molecule has 0 radical (unpaired) electrons. The van der Waals surface area contributed by atoms with Crippen molar-refractivity contribution in [2.24, 2.45) is 0 Å². The van der Waals surface area contributed by atoms with Crippen LogP contribution in [0.4, 0.5) is 0 Å². The number of hydrogen-bond acceptors (Lipinski definition) is 3.